The SMILES string of the molecule is O=C(NC1CCCN1c1c[n+]([O-])ccc1Cl)c1cc(C(F)(F)F)cc(C(F)(F)F)c1. The monoisotopic (exact) mass is 453 g/mol. The molecule has 2 heterocycles. The third kappa shape index (κ3) is 4.72. The molecule has 1 aliphatic rings. The summed E-state index contributed by atoms with van der Waals surface area (Å²) in [4.78, 5) is 14.1. The standard InChI is InChI=1S/C18H14ClF6N3O2/c19-13-3-5-27(30)9-14(13)28-4-1-2-15(28)26-16(29)10-6-11(17(20,21)22)8-12(7-10)18(23,24)25/h3,5-9,15H,1-2,4H2,(H,26,29). The van der Waals surface area contributed by atoms with E-state index in [2.05, 4.69) is 5.32 Å². The fourth-order valence-corrected chi connectivity index (χ4v) is 3.40. The number of alkyl halides is 6. The number of hydrogen-bond acceptors (Lipinski definition) is 3. The average Bonchev–Trinajstić information content (AvgIpc) is 3.09. The van der Waals surface area contributed by atoms with Crippen LogP contribution in [0.5, 0.6) is 0 Å². The summed E-state index contributed by atoms with van der Waals surface area (Å²) < 4.78 is 78.6. The lowest BCUT2D eigenvalue weighted by atomic mass is 10.0. The highest BCUT2D eigenvalue weighted by molar-refractivity contribution is 6.33. The first-order valence-corrected chi connectivity index (χ1v) is 8.99. The summed E-state index contributed by atoms with van der Waals surface area (Å²) in [6, 6.07) is 2.02. The maximum atomic E-state index is 13.0. The van der Waals surface area contributed by atoms with Crippen LogP contribution in [0.2, 0.25) is 5.02 Å². The Bertz CT molecular complexity index is 932. The van der Waals surface area contributed by atoms with Gasteiger partial charge in [-0.05, 0) is 31.0 Å². The summed E-state index contributed by atoms with van der Waals surface area (Å²) in [6.07, 6.45) is -7.63. The molecule has 1 aromatic heterocycles. The van der Waals surface area contributed by atoms with Crippen molar-refractivity contribution in [3.63, 3.8) is 0 Å². The Balaban J connectivity index is 1.90. The van der Waals surface area contributed by atoms with E-state index in [-0.39, 0.29) is 16.8 Å². The molecule has 1 fully saturated rings. The van der Waals surface area contributed by atoms with E-state index in [0.29, 0.717) is 36.2 Å². The van der Waals surface area contributed by atoms with Gasteiger partial charge in [-0.15, -0.1) is 0 Å². The molecule has 1 N–H and O–H groups in total. The van der Waals surface area contributed by atoms with Crippen LogP contribution in [0.3, 0.4) is 0 Å². The molecule has 0 bridgehead atoms. The number of carbonyl (C=O) groups excluding carboxylic acids is 1. The van der Waals surface area contributed by atoms with Gasteiger partial charge in [0.25, 0.3) is 5.91 Å². The largest absolute Gasteiger partial charge is 0.619 e. The van der Waals surface area contributed by atoms with Gasteiger partial charge in [0, 0.05) is 18.2 Å². The summed E-state index contributed by atoms with van der Waals surface area (Å²) >= 11 is 6.08. The molecule has 1 amide bonds. The molecule has 30 heavy (non-hydrogen) atoms. The fraction of sp³-hybridized carbons (Fsp3) is 0.333. The maximum absolute atomic E-state index is 13.0. The van der Waals surface area contributed by atoms with Gasteiger partial charge >= 0.3 is 12.4 Å². The van der Waals surface area contributed by atoms with Crippen LogP contribution in [0, 0.1) is 5.21 Å². The van der Waals surface area contributed by atoms with Crippen LogP contribution in [0.15, 0.2) is 36.7 Å². The first-order valence-electron chi connectivity index (χ1n) is 8.61. The summed E-state index contributed by atoms with van der Waals surface area (Å²) in [5, 5.41) is 14.2. The van der Waals surface area contributed by atoms with Crippen LogP contribution in [-0.4, -0.2) is 18.6 Å². The van der Waals surface area contributed by atoms with Crippen LogP contribution < -0.4 is 14.9 Å². The van der Waals surface area contributed by atoms with Crippen molar-refractivity contribution in [2.75, 3.05) is 11.4 Å². The zero-order chi connectivity index (χ0) is 22.3. The van der Waals surface area contributed by atoms with Crippen LogP contribution in [0.25, 0.3) is 0 Å². The van der Waals surface area contributed by atoms with E-state index in [0.717, 1.165) is 6.20 Å². The van der Waals surface area contributed by atoms with Crippen LogP contribution in [-0.2, 0) is 12.4 Å². The van der Waals surface area contributed by atoms with Crippen LogP contribution >= 0.6 is 11.6 Å². The number of aromatic nitrogens is 1. The van der Waals surface area contributed by atoms with E-state index in [1.807, 2.05) is 0 Å². The van der Waals surface area contributed by atoms with Crippen molar-refractivity contribution >= 4 is 23.2 Å². The van der Waals surface area contributed by atoms with E-state index in [1.54, 1.807) is 4.90 Å². The van der Waals surface area contributed by atoms with Crippen molar-refractivity contribution in [2.45, 2.75) is 31.4 Å². The molecule has 0 aliphatic carbocycles. The third-order valence-corrected chi connectivity index (χ3v) is 4.89. The van der Waals surface area contributed by atoms with Gasteiger partial charge in [0.2, 0.25) is 6.20 Å². The first kappa shape index (κ1) is 22.0. The summed E-state index contributed by atoms with van der Waals surface area (Å²) in [5.74, 6) is -1.11. The van der Waals surface area contributed by atoms with Crippen LogP contribution in [0.1, 0.15) is 34.3 Å². The van der Waals surface area contributed by atoms with Gasteiger partial charge in [-0.1, -0.05) is 11.6 Å². The predicted octanol–water partition coefficient (Wildman–Crippen LogP) is 4.37. The second kappa shape index (κ2) is 7.86. The van der Waals surface area contributed by atoms with E-state index in [9.17, 15) is 36.3 Å². The summed E-state index contributed by atoms with van der Waals surface area (Å²) in [6.45, 7) is 0.380. The molecule has 0 spiro atoms. The number of halogens is 7. The first-order chi connectivity index (χ1) is 13.9. The number of nitrogens with one attached hydrogen (secondary N) is 1. The van der Waals surface area contributed by atoms with Crippen molar-refractivity contribution in [3.8, 4) is 0 Å². The molecule has 1 saturated heterocycles. The van der Waals surface area contributed by atoms with Gasteiger partial charge in [0.15, 0.2) is 6.20 Å². The van der Waals surface area contributed by atoms with Gasteiger partial charge in [-0.3, -0.25) is 4.79 Å². The van der Waals surface area contributed by atoms with Gasteiger partial charge in [0.1, 0.15) is 11.9 Å². The highest BCUT2D eigenvalue weighted by Gasteiger charge is 2.38. The van der Waals surface area contributed by atoms with Crippen molar-refractivity contribution < 1.29 is 35.9 Å². The second-order valence-electron chi connectivity index (χ2n) is 6.66. The molecule has 162 valence electrons. The average molecular weight is 454 g/mol. The number of hydrogen-bond donors (Lipinski definition) is 1. The number of carbonyl (C=O) groups is 1. The Hall–Kier alpha value is -2.69. The normalized spacial score (nSPS) is 17.3. The lowest BCUT2D eigenvalue weighted by molar-refractivity contribution is -0.604. The fourth-order valence-electron chi connectivity index (χ4n) is 3.19. The number of anilines is 1. The van der Waals surface area contributed by atoms with Crippen LogP contribution in [0.4, 0.5) is 32.0 Å². The van der Waals surface area contributed by atoms with Crippen molar-refractivity contribution in [1.82, 2.24) is 5.32 Å². The molecule has 0 radical (unpaired) electrons. The molecular weight excluding hydrogens is 440 g/mol. The molecular formula is C18H14ClF6N3O2. The Labute approximate surface area is 171 Å². The van der Waals surface area contributed by atoms with Crippen molar-refractivity contribution in [2.24, 2.45) is 0 Å². The molecule has 1 atom stereocenters. The van der Waals surface area contributed by atoms with Crippen molar-refractivity contribution in [1.29, 1.82) is 0 Å². The van der Waals surface area contributed by atoms with Gasteiger partial charge in [0.05, 0.1) is 16.1 Å². The number of pyridine rings is 1. The minimum Gasteiger partial charge on any atom is -0.619 e. The minimum absolute atomic E-state index is 0.0462. The van der Waals surface area contributed by atoms with E-state index in [4.69, 9.17) is 11.6 Å². The maximum Gasteiger partial charge on any atom is 0.416 e. The highest BCUT2D eigenvalue weighted by atomic mass is 35.5. The molecule has 3 rings (SSSR count). The zero-order valence-corrected chi connectivity index (χ0v) is 15.8. The minimum atomic E-state index is -5.06. The molecule has 0 saturated carbocycles. The topological polar surface area (TPSA) is 59.3 Å². The number of nitrogens with zero attached hydrogens (tertiary/aromatic N) is 2. The Kier molecular flexibility index (Phi) is 5.76. The summed E-state index contributed by atoms with van der Waals surface area (Å²) in [7, 11) is 0. The number of amides is 1. The van der Waals surface area contributed by atoms with E-state index >= 15 is 0 Å². The van der Waals surface area contributed by atoms with Gasteiger partial charge in [-0.25, -0.2) is 0 Å². The van der Waals surface area contributed by atoms with Gasteiger partial charge in [-0.2, -0.15) is 31.1 Å². The molecule has 12 heteroatoms. The molecule has 1 unspecified atom stereocenters. The Morgan fingerprint density at radius 3 is 2.30 bits per heavy atom. The third-order valence-electron chi connectivity index (χ3n) is 4.57. The summed E-state index contributed by atoms with van der Waals surface area (Å²) in [5.41, 5.74) is -3.65. The molecule has 1 aromatic carbocycles. The zero-order valence-electron chi connectivity index (χ0n) is 15.0. The highest BCUT2D eigenvalue weighted by Crippen LogP contribution is 2.36. The lowest BCUT2D eigenvalue weighted by Crippen LogP contribution is -2.45. The Morgan fingerprint density at radius 1 is 1.13 bits per heavy atom. The van der Waals surface area contributed by atoms with Gasteiger partial charge < -0.3 is 15.4 Å². The number of rotatable bonds is 3. The molecule has 2 aromatic rings. The smallest absolute Gasteiger partial charge is 0.416 e. The van der Waals surface area contributed by atoms with Crippen molar-refractivity contribution in [3.05, 3.63) is 63.6 Å². The Morgan fingerprint density at radius 2 is 1.73 bits per heavy atom. The lowest BCUT2D eigenvalue weighted by Gasteiger charge is -2.27. The molecule has 5 nitrogen and oxygen atoms in total. The van der Waals surface area contributed by atoms with E-state index in [1.165, 1.54) is 12.3 Å². The number of benzene rings is 1. The quantitative estimate of drug-likeness (QED) is 0.426. The molecule has 1 aliphatic heterocycles. The van der Waals surface area contributed by atoms with E-state index < -0.39 is 41.1 Å². The predicted molar refractivity (Wildman–Crippen MR) is 94.7 cm³/mol. The second-order valence-corrected chi connectivity index (χ2v) is 7.06.